The predicted octanol–water partition coefficient (Wildman–Crippen LogP) is 5.57. The van der Waals surface area contributed by atoms with Crippen LogP contribution in [0.4, 0.5) is 24.7 Å². The minimum Gasteiger partial charge on any atom is -0.340 e. The highest BCUT2D eigenvalue weighted by atomic mass is 79.9. The number of benzene rings is 1. The van der Waals surface area contributed by atoms with E-state index < -0.39 is 11.7 Å². The summed E-state index contributed by atoms with van der Waals surface area (Å²) < 4.78 is 39.6. The molecule has 0 bridgehead atoms. The van der Waals surface area contributed by atoms with E-state index in [1.54, 1.807) is 6.07 Å². The molecule has 0 atom stereocenters. The summed E-state index contributed by atoms with van der Waals surface area (Å²) in [6, 6.07) is 5.21. The zero-order valence-electron chi connectivity index (χ0n) is 10.2. The molecule has 106 valence electrons. The van der Waals surface area contributed by atoms with Gasteiger partial charge in [0.25, 0.3) is 0 Å². The monoisotopic (exact) mass is 364 g/mol. The predicted molar refractivity (Wildman–Crippen MR) is 76.4 cm³/mol. The van der Waals surface area contributed by atoms with Gasteiger partial charge >= 0.3 is 6.18 Å². The summed E-state index contributed by atoms with van der Waals surface area (Å²) in [5, 5.41) is 2.69. The summed E-state index contributed by atoms with van der Waals surface area (Å²) in [4.78, 5) is 4.02. The average molecular weight is 366 g/mol. The van der Waals surface area contributed by atoms with Crippen molar-refractivity contribution in [3.8, 4) is 0 Å². The molecule has 0 saturated heterocycles. The van der Waals surface area contributed by atoms with Gasteiger partial charge in [-0.05, 0) is 52.7 Å². The molecule has 0 saturated carbocycles. The fraction of sp³-hybridized carbons (Fsp3) is 0.154. The van der Waals surface area contributed by atoms with Gasteiger partial charge in [-0.15, -0.1) is 0 Å². The number of hydrogen-bond donors (Lipinski definition) is 1. The van der Waals surface area contributed by atoms with E-state index in [2.05, 4.69) is 26.2 Å². The van der Waals surface area contributed by atoms with E-state index in [0.29, 0.717) is 5.82 Å². The maximum absolute atomic E-state index is 12.9. The Bertz CT molecular complexity index is 644. The molecule has 0 aliphatic heterocycles. The van der Waals surface area contributed by atoms with Crippen LogP contribution in [0.5, 0.6) is 0 Å². The van der Waals surface area contributed by atoms with E-state index in [-0.39, 0.29) is 10.7 Å². The molecule has 1 N–H and O–H groups in total. The van der Waals surface area contributed by atoms with E-state index in [1.807, 2.05) is 6.92 Å². The zero-order valence-corrected chi connectivity index (χ0v) is 12.6. The summed E-state index contributed by atoms with van der Waals surface area (Å²) in [5.41, 5.74) is -0.0477. The van der Waals surface area contributed by atoms with Crippen LogP contribution in [0.25, 0.3) is 0 Å². The number of anilines is 2. The van der Waals surface area contributed by atoms with Crippen LogP contribution in [0.1, 0.15) is 11.1 Å². The minimum atomic E-state index is -4.49. The second-order valence-electron chi connectivity index (χ2n) is 4.13. The maximum atomic E-state index is 12.9. The van der Waals surface area contributed by atoms with Gasteiger partial charge in [0.2, 0.25) is 0 Å². The Morgan fingerprint density at radius 1 is 1.25 bits per heavy atom. The highest BCUT2D eigenvalue weighted by molar-refractivity contribution is 9.10. The molecule has 0 unspecified atom stereocenters. The largest absolute Gasteiger partial charge is 0.418 e. The van der Waals surface area contributed by atoms with Gasteiger partial charge in [0.05, 0.1) is 11.3 Å². The Morgan fingerprint density at radius 3 is 2.55 bits per heavy atom. The molecular formula is C13H9BrClF3N2. The van der Waals surface area contributed by atoms with Crippen LogP contribution in [0.2, 0.25) is 5.02 Å². The number of nitrogens with one attached hydrogen (secondary N) is 1. The SMILES string of the molecule is Cc1cc(Nc2ccc(Cl)cc2C(F)(F)F)ncc1Br. The van der Waals surface area contributed by atoms with Crippen LogP contribution in [0.15, 0.2) is 34.9 Å². The molecule has 0 aliphatic rings. The van der Waals surface area contributed by atoms with Crippen LogP contribution in [0.3, 0.4) is 0 Å². The van der Waals surface area contributed by atoms with Crippen molar-refractivity contribution in [1.29, 1.82) is 0 Å². The van der Waals surface area contributed by atoms with Crippen LogP contribution in [-0.2, 0) is 6.18 Å². The number of hydrogen-bond acceptors (Lipinski definition) is 2. The van der Waals surface area contributed by atoms with Crippen LogP contribution < -0.4 is 5.32 Å². The standard InChI is InChI=1S/C13H9BrClF3N2/c1-7-4-12(19-6-10(7)14)20-11-3-2-8(15)5-9(11)13(16,17)18/h2-6H,1H3,(H,19,20). The first kappa shape index (κ1) is 15.1. The highest BCUT2D eigenvalue weighted by Gasteiger charge is 2.33. The van der Waals surface area contributed by atoms with Crippen LogP contribution in [0, 0.1) is 6.92 Å². The fourth-order valence-corrected chi connectivity index (χ4v) is 1.99. The van der Waals surface area contributed by atoms with Gasteiger partial charge in [-0.1, -0.05) is 11.6 Å². The molecule has 1 aromatic heterocycles. The molecule has 1 aromatic carbocycles. The second kappa shape index (κ2) is 5.61. The van der Waals surface area contributed by atoms with E-state index >= 15 is 0 Å². The van der Waals surface area contributed by atoms with Crippen molar-refractivity contribution in [3.63, 3.8) is 0 Å². The molecule has 1 heterocycles. The Balaban J connectivity index is 2.40. The topological polar surface area (TPSA) is 24.9 Å². The van der Waals surface area contributed by atoms with Gasteiger partial charge in [-0.3, -0.25) is 0 Å². The second-order valence-corrected chi connectivity index (χ2v) is 5.42. The molecule has 0 radical (unpaired) electrons. The molecule has 2 aromatic rings. The Morgan fingerprint density at radius 2 is 1.95 bits per heavy atom. The summed E-state index contributed by atoms with van der Waals surface area (Å²) >= 11 is 8.91. The third-order valence-electron chi connectivity index (χ3n) is 2.60. The van der Waals surface area contributed by atoms with Crippen molar-refractivity contribution < 1.29 is 13.2 Å². The zero-order chi connectivity index (χ0) is 14.9. The van der Waals surface area contributed by atoms with E-state index in [1.165, 1.54) is 18.3 Å². The molecule has 0 aliphatic carbocycles. The number of pyridine rings is 1. The molecule has 20 heavy (non-hydrogen) atoms. The van der Waals surface area contributed by atoms with E-state index in [4.69, 9.17) is 11.6 Å². The fourth-order valence-electron chi connectivity index (χ4n) is 1.61. The number of rotatable bonds is 2. The first-order valence-corrected chi connectivity index (χ1v) is 6.70. The quantitative estimate of drug-likeness (QED) is 0.753. The van der Waals surface area contributed by atoms with Crippen molar-refractivity contribution in [3.05, 3.63) is 51.1 Å². The lowest BCUT2D eigenvalue weighted by molar-refractivity contribution is -0.136. The Labute approximate surface area is 127 Å². The number of aryl methyl sites for hydroxylation is 1. The normalized spacial score (nSPS) is 11.5. The summed E-state index contributed by atoms with van der Waals surface area (Å²) in [6.45, 7) is 1.82. The van der Waals surface area contributed by atoms with Crippen molar-refractivity contribution in [2.45, 2.75) is 13.1 Å². The Hall–Kier alpha value is -1.27. The smallest absolute Gasteiger partial charge is 0.340 e. The van der Waals surface area contributed by atoms with Crippen molar-refractivity contribution >= 4 is 39.0 Å². The molecular weight excluding hydrogens is 357 g/mol. The van der Waals surface area contributed by atoms with Gasteiger partial charge in [0, 0.05) is 15.7 Å². The van der Waals surface area contributed by atoms with Gasteiger partial charge in [-0.2, -0.15) is 13.2 Å². The first-order chi connectivity index (χ1) is 9.27. The highest BCUT2D eigenvalue weighted by Crippen LogP contribution is 2.37. The number of alkyl halides is 3. The summed E-state index contributed by atoms with van der Waals surface area (Å²) in [5.74, 6) is 0.332. The third kappa shape index (κ3) is 3.43. The molecule has 0 amide bonds. The van der Waals surface area contributed by atoms with Gasteiger partial charge in [0.1, 0.15) is 5.82 Å². The summed E-state index contributed by atoms with van der Waals surface area (Å²) in [6.07, 6.45) is -2.96. The van der Waals surface area contributed by atoms with Gasteiger partial charge < -0.3 is 5.32 Å². The lowest BCUT2D eigenvalue weighted by atomic mass is 10.1. The average Bonchev–Trinajstić information content (AvgIpc) is 2.35. The van der Waals surface area contributed by atoms with Gasteiger partial charge in [0.15, 0.2) is 0 Å². The van der Waals surface area contributed by atoms with Gasteiger partial charge in [-0.25, -0.2) is 4.98 Å². The van der Waals surface area contributed by atoms with Crippen LogP contribution >= 0.6 is 27.5 Å². The maximum Gasteiger partial charge on any atom is 0.418 e. The molecule has 7 heteroatoms. The number of aromatic nitrogens is 1. The van der Waals surface area contributed by atoms with Crippen molar-refractivity contribution in [2.24, 2.45) is 0 Å². The first-order valence-electron chi connectivity index (χ1n) is 5.53. The lowest BCUT2D eigenvalue weighted by Gasteiger charge is -2.15. The lowest BCUT2D eigenvalue weighted by Crippen LogP contribution is -2.09. The van der Waals surface area contributed by atoms with E-state index in [0.717, 1.165) is 16.1 Å². The molecule has 2 rings (SSSR count). The third-order valence-corrected chi connectivity index (χ3v) is 3.66. The number of halogens is 5. The van der Waals surface area contributed by atoms with Crippen molar-refractivity contribution in [2.75, 3.05) is 5.32 Å². The Kier molecular flexibility index (Phi) is 4.25. The molecule has 2 nitrogen and oxygen atoms in total. The van der Waals surface area contributed by atoms with Crippen LogP contribution in [-0.4, -0.2) is 4.98 Å². The molecule has 0 spiro atoms. The summed E-state index contributed by atoms with van der Waals surface area (Å²) in [7, 11) is 0. The molecule has 0 fully saturated rings. The number of nitrogens with zero attached hydrogens (tertiary/aromatic N) is 1. The van der Waals surface area contributed by atoms with Crippen molar-refractivity contribution in [1.82, 2.24) is 4.98 Å². The van der Waals surface area contributed by atoms with E-state index in [9.17, 15) is 13.2 Å². The minimum absolute atomic E-state index is 0.0304.